The standard InChI is InChI=1S/C25H20N4OS3/c1-16-7-5-6-10-20(16)29-22(30)12-23-28-18(13-31-23)14-32-24-19-11-21(17-8-3-2-4-9-17)33-25(19)27-15-26-24/h2-11,13,15H,12,14H2,1H3,(H,29,30). The predicted octanol–water partition coefficient (Wildman–Crippen LogP) is 6.60. The monoisotopic (exact) mass is 488 g/mol. The molecular formula is C25H20N4OS3. The number of anilines is 1. The molecule has 1 N–H and O–H groups in total. The molecule has 0 unspecified atom stereocenters. The van der Waals surface area contributed by atoms with Crippen LogP contribution in [0.4, 0.5) is 5.69 Å². The number of benzene rings is 2. The number of amides is 1. The van der Waals surface area contributed by atoms with Crippen LogP contribution in [0.3, 0.4) is 0 Å². The lowest BCUT2D eigenvalue weighted by atomic mass is 10.2. The number of thioether (sulfide) groups is 1. The topological polar surface area (TPSA) is 67.8 Å². The minimum absolute atomic E-state index is 0.0536. The molecule has 2 aromatic carbocycles. The van der Waals surface area contributed by atoms with Crippen LogP contribution >= 0.6 is 34.4 Å². The quantitative estimate of drug-likeness (QED) is 0.207. The lowest BCUT2D eigenvalue weighted by molar-refractivity contribution is -0.115. The molecule has 0 saturated heterocycles. The van der Waals surface area contributed by atoms with Gasteiger partial charge in [-0.3, -0.25) is 4.79 Å². The number of carbonyl (C=O) groups is 1. The Labute approximate surface area is 204 Å². The molecule has 0 bridgehead atoms. The predicted molar refractivity (Wildman–Crippen MR) is 138 cm³/mol. The first-order valence-corrected chi connectivity index (χ1v) is 13.1. The van der Waals surface area contributed by atoms with Crippen LogP contribution in [0.5, 0.6) is 0 Å². The summed E-state index contributed by atoms with van der Waals surface area (Å²) in [6, 6.07) is 20.3. The van der Waals surface area contributed by atoms with Gasteiger partial charge in [0, 0.05) is 27.1 Å². The van der Waals surface area contributed by atoms with Crippen molar-refractivity contribution in [1.29, 1.82) is 0 Å². The van der Waals surface area contributed by atoms with E-state index in [0.29, 0.717) is 5.75 Å². The summed E-state index contributed by atoms with van der Waals surface area (Å²) in [7, 11) is 0. The fourth-order valence-electron chi connectivity index (χ4n) is 3.38. The van der Waals surface area contributed by atoms with Gasteiger partial charge >= 0.3 is 0 Å². The van der Waals surface area contributed by atoms with E-state index in [9.17, 15) is 4.79 Å². The molecule has 0 aliphatic carbocycles. The molecule has 0 spiro atoms. The Balaban J connectivity index is 1.25. The molecule has 0 saturated carbocycles. The van der Waals surface area contributed by atoms with Crippen LogP contribution in [0.15, 0.2) is 77.4 Å². The number of carbonyl (C=O) groups excluding carboxylic acids is 1. The van der Waals surface area contributed by atoms with Crippen LogP contribution in [0.2, 0.25) is 0 Å². The van der Waals surface area contributed by atoms with Gasteiger partial charge in [0.05, 0.1) is 12.1 Å². The maximum atomic E-state index is 12.4. The van der Waals surface area contributed by atoms with Crippen molar-refractivity contribution in [3.8, 4) is 10.4 Å². The SMILES string of the molecule is Cc1ccccc1NC(=O)Cc1nc(CSc2ncnc3sc(-c4ccccc4)cc23)cs1. The molecule has 5 nitrogen and oxygen atoms in total. The van der Waals surface area contributed by atoms with E-state index in [-0.39, 0.29) is 12.3 Å². The largest absolute Gasteiger partial charge is 0.325 e. The maximum absolute atomic E-state index is 12.4. The summed E-state index contributed by atoms with van der Waals surface area (Å²) in [4.78, 5) is 28.2. The molecule has 33 heavy (non-hydrogen) atoms. The second-order valence-corrected chi connectivity index (χ2v) is 10.4. The van der Waals surface area contributed by atoms with E-state index < -0.39 is 0 Å². The highest BCUT2D eigenvalue weighted by Gasteiger charge is 2.13. The molecule has 0 aliphatic rings. The number of thiophene rings is 1. The molecule has 3 aromatic heterocycles. The Hall–Kier alpha value is -3.07. The normalized spacial score (nSPS) is 11.1. The maximum Gasteiger partial charge on any atom is 0.231 e. The molecule has 0 aliphatic heterocycles. The summed E-state index contributed by atoms with van der Waals surface area (Å²) in [6.07, 6.45) is 1.89. The molecule has 3 heterocycles. The van der Waals surface area contributed by atoms with E-state index in [1.807, 2.05) is 54.8 Å². The van der Waals surface area contributed by atoms with Gasteiger partial charge in [-0.05, 0) is 30.2 Å². The van der Waals surface area contributed by atoms with Crippen molar-refractivity contribution in [1.82, 2.24) is 15.0 Å². The number of hydrogen-bond donors (Lipinski definition) is 1. The molecule has 5 rings (SSSR count). The lowest BCUT2D eigenvalue weighted by Crippen LogP contribution is -2.15. The van der Waals surface area contributed by atoms with E-state index in [2.05, 4.69) is 38.5 Å². The van der Waals surface area contributed by atoms with Crippen molar-refractivity contribution in [2.24, 2.45) is 0 Å². The Morgan fingerprint density at radius 1 is 1.06 bits per heavy atom. The molecule has 8 heteroatoms. The van der Waals surface area contributed by atoms with Gasteiger partial charge in [0.15, 0.2) is 0 Å². The number of hydrogen-bond acceptors (Lipinski definition) is 7. The fourth-order valence-corrected chi connectivity index (χ4v) is 6.21. The highest BCUT2D eigenvalue weighted by molar-refractivity contribution is 7.98. The van der Waals surface area contributed by atoms with Gasteiger partial charge < -0.3 is 5.32 Å². The van der Waals surface area contributed by atoms with E-state index in [1.165, 1.54) is 21.8 Å². The molecule has 5 aromatic rings. The van der Waals surface area contributed by atoms with Crippen molar-refractivity contribution in [3.05, 3.63) is 88.6 Å². The van der Waals surface area contributed by atoms with Crippen molar-refractivity contribution in [2.45, 2.75) is 24.1 Å². The van der Waals surface area contributed by atoms with Crippen LogP contribution in [0.25, 0.3) is 20.7 Å². The zero-order valence-corrected chi connectivity index (χ0v) is 20.3. The summed E-state index contributed by atoms with van der Waals surface area (Å²) in [5, 5.41) is 7.82. The first-order valence-electron chi connectivity index (χ1n) is 10.4. The number of aryl methyl sites for hydroxylation is 1. The van der Waals surface area contributed by atoms with E-state index in [4.69, 9.17) is 0 Å². The van der Waals surface area contributed by atoms with Crippen molar-refractivity contribution in [2.75, 3.05) is 5.32 Å². The van der Waals surface area contributed by atoms with Crippen molar-refractivity contribution >= 4 is 56.2 Å². The number of para-hydroxylation sites is 1. The van der Waals surface area contributed by atoms with Gasteiger partial charge in [-0.1, -0.05) is 60.3 Å². The summed E-state index contributed by atoms with van der Waals surface area (Å²) in [5.74, 6) is 0.639. The molecular weight excluding hydrogens is 469 g/mol. The zero-order chi connectivity index (χ0) is 22.6. The van der Waals surface area contributed by atoms with E-state index in [1.54, 1.807) is 29.4 Å². The lowest BCUT2D eigenvalue weighted by Gasteiger charge is -2.06. The highest BCUT2D eigenvalue weighted by Crippen LogP contribution is 2.36. The van der Waals surface area contributed by atoms with Gasteiger partial charge in [0.1, 0.15) is 21.2 Å². The molecule has 0 fully saturated rings. The molecule has 0 atom stereocenters. The third kappa shape index (κ3) is 5.13. The molecule has 0 radical (unpaired) electrons. The van der Waals surface area contributed by atoms with Gasteiger partial charge in [0.2, 0.25) is 5.91 Å². The van der Waals surface area contributed by atoms with Gasteiger partial charge in [-0.15, -0.1) is 22.7 Å². The van der Waals surface area contributed by atoms with Crippen LogP contribution in [-0.2, 0) is 17.0 Å². The zero-order valence-electron chi connectivity index (χ0n) is 17.8. The Kier molecular flexibility index (Phi) is 6.48. The summed E-state index contributed by atoms with van der Waals surface area (Å²) >= 11 is 4.84. The molecule has 164 valence electrons. The minimum atomic E-state index is -0.0536. The number of nitrogens with one attached hydrogen (secondary N) is 1. The van der Waals surface area contributed by atoms with Crippen LogP contribution in [0.1, 0.15) is 16.3 Å². The van der Waals surface area contributed by atoms with E-state index in [0.717, 1.165) is 37.2 Å². The van der Waals surface area contributed by atoms with Crippen molar-refractivity contribution in [3.63, 3.8) is 0 Å². The third-order valence-electron chi connectivity index (χ3n) is 5.04. The first-order chi connectivity index (χ1) is 16.2. The summed E-state index contributed by atoms with van der Waals surface area (Å²) < 4.78 is 0. The smallest absolute Gasteiger partial charge is 0.231 e. The number of nitrogens with zero attached hydrogens (tertiary/aromatic N) is 3. The highest BCUT2D eigenvalue weighted by atomic mass is 32.2. The van der Waals surface area contributed by atoms with Crippen LogP contribution < -0.4 is 5.32 Å². The van der Waals surface area contributed by atoms with Crippen molar-refractivity contribution < 1.29 is 4.79 Å². The third-order valence-corrected chi connectivity index (χ3v) is 8.07. The number of thiazole rings is 1. The Morgan fingerprint density at radius 2 is 1.88 bits per heavy atom. The number of rotatable bonds is 7. The average molecular weight is 489 g/mol. The Bertz CT molecular complexity index is 1410. The van der Waals surface area contributed by atoms with E-state index >= 15 is 0 Å². The number of aromatic nitrogens is 3. The summed E-state index contributed by atoms with van der Waals surface area (Å²) in [6.45, 7) is 1.98. The Morgan fingerprint density at radius 3 is 2.73 bits per heavy atom. The second-order valence-electron chi connectivity index (χ2n) is 7.44. The van der Waals surface area contributed by atoms with Gasteiger partial charge in [-0.25, -0.2) is 15.0 Å². The summed E-state index contributed by atoms with van der Waals surface area (Å²) in [5.41, 5.74) is 4.02. The first kappa shape index (κ1) is 21.8. The number of fused-ring (bicyclic) bond motifs is 1. The van der Waals surface area contributed by atoms with Crippen LogP contribution in [-0.4, -0.2) is 20.9 Å². The minimum Gasteiger partial charge on any atom is -0.325 e. The van der Waals surface area contributed by atoms with Gasteiger partial charge in [0.25, 0.3) is 0 Å². The van der Waals surface area contributed by atoms with Crippen LogP contribution in [0, 0.1) is 6.92 Å². The van der Waals surface area contributed by atoms with Gasteiger partial charge in [-0.2, -0.15) is 0 Å². The molecule has 1 amide bonds. The second kappa shape index (κ2) is 9.82. The average Bonchev–Trinajstić information content (AvgIpc) is 3.47. The fraction of sp³-hybridized carbons (Fsp3) is 0.120.